The maximum atomic E-state index is 10.8. The second-order valence-electron chi connectivity index (χ2n) is 4.10. The van der Waals surface area contributed by atoms with Gasteiger partial charge >= 0.3 is 0 Å². The normalized spacial score (nSPS) is 25.7. The summed E-state index contributed by atoms with van der Waals surface area (Å²) in [5, 5.41) is 3.83. The van der Waals surface area contributed by atoms with Crippen LogP contribution in [0.4, 0.5) is 0 Å². The van der Waals surface area contributed by atoms with Crippen LogP contribution in [-0.2, 0) is 4.79 Å². The number of carbonyl (C=O) groups is 1. The standard InChI is InChI=1S/C10H17N3OS/c1-8(14)15-7-10-4-2-9(3-5-10)6-12-13-11/h9-10H,2-7H2,1H3. The molecule has 15 heavy (non-hydrogen) atoms. The van der Waals surface area contributed by atoms with E-state index in [1.54, 1.807) is 6.92 Å². The Balaban J connectivity index is 2.17. The minimum atomic E-state index is 0.214. The summed E-state index contributed by atoms with van der Waals surface area (Å²) in [6, 6.07) is 0. The van der Waals surface area contributed by atoms with Crippen LogP contribution in [0.5, 0.6) is 0 Å². The average Bonchev–Trinajstić information content (AvgIpc) is 2.25. The summed E-state index contributed by atoms with van der Waals surface area (Å²) in [7, 11) is 0. The molecule has 5 heteroatoms. The van der Waals surface area contributed by atoms with Crippen molar-refractivity contribution in [1.29, 1.82) is 0 Å². The van der Waals surface area contributed by atoms with Gasteiger partial charge in [-0.2, -0.15) is 0 Å². The molecule has 0 unspecified atom stereocenters. The topological polar surface area (TPSA) is 65.8 Å². The van der Waals surface area contributed by atoms with Crippen LogP contribution >= 0.6 is 11.8 Å². The molecule has 0 heterocycles. The molecule has 0 aromatic heterocycles. The lowest BCUT2D eigenvalue weighted by Gasteiger charge is -2.26. The van der Waals surface area contributed by atoms with E-state index < -0.39 is 0 Å². The van der Waals surface area contributed by atoms with Crippen LogP contribution in [-0.4, -0.2) is 17.4 Å². The van der Waals surface area contributed by atoms with Crippen molar-refractivity contribution in [2.75, 3.05) is 12.3 Å². The van der Waals surface area contributed by atoms with Crippen LogP contribution in [0.2, 0.25) is 0 Å². The number of nitrogens with zero attached hydrogens (tertiary/aromatic N) is 3. The van der Waals surface area contributed by atoms with E-state index >= 15 is 0 Å². The van der Waals surface area contributed by atoms with Gasteiger partial charge < -0.3 is 0 Å². The number of hydrogen-bond acceptors (Lipinski definition) is 3. The fourth-order valence-electron chi connectivity index (χ4n) is 1.97. The van der Waals surface area contributed by atoms with Gasteiger partial charge in [-0.25, -0.2) is 0 Å². The van der Waals surface area contributed by atoms with Gasteiger partial charge in [-0.15, -0.1) is 0 Å². The molecular formula is C10H17N3OS. The Morgan fingerprint density at radius 2 is 2.00 bits per heavy atom. The average molecular weight is 227 g/mol. The Kier molecular flexibility index (Phi) is 5.58. The van der Waals surface area contributed by atoms with Gasteiger partial charge in [0, 0.05) is 24.1 Å². The van der Waals surface area contributed by atoms with Crippen molar-refractivity contribution in [3.05, 3.63) is 10.4 Å². The van der Waals surface area contributed by atoms with Crippen molar-refractivity contribution < 1.29 is 4.79 Å². The third-order valence-corrected chi connectivity index (χ3v) is 3.94. The second-order valence-corrected chi connectivity index (χ2v) is 5.30. The molecule has 1 fully saturated rings. The predicted molar refractivity (Wildman–Crippen MR) is 62.6 cm³/mol. The fourth-order valence-corrected chi connectivity index (χ4v) is 2.77. The molecule has 0 radical (unpaired) electrons. The zero-order valence-corrected chi connectivity index (χ0v) is 9.87. The first-order valence-corrected chi connectivity index (χ1v) is 6.35. The van der Waals surface area contributed by atoms with E-state index in [9.17, 15) is 4.79 Å². The third kappa shape index (κ3) is 5.09. The summed E-state index contributed by atoms with van der Waals surface area (Å²) in [6.07, 6.45) is 4.63. The summed E-state index contributed by atoms with van der Waals surface area (Å²) in [4.78, 5) is 13.6. The lowest BCUT2D eigenvalue weighted by atomic mass is 9.83. The minimum absolute atomic E-state index is 0.214. The Hall–Kier alpha value is -0.670. The Bertz CT molecular complexity index is 255. The molecule has 1 rings (SSSR count). The van der Waals surface area contributed by atoms with Crippen LogP contribution in [0.15, 0.2) is 5.11 Å². The van der Waals surface area contributed by atoms with Crippen LogP contribution < -0.4 is 0 Å². The van der Waals surface area contributed by atoms with E-state index in [-0.39, 0.29) is 5.12 Å². The monoisotopic (exact) mass is 227 g/mol. The van der Waals surface area contributed by atoms with Crippen molar-refractivity contribution in [1.82, 2.24) is 0 Å². The number of carbonyl (C=O) groups excluding carboxylic acids is 1. The van der Waals surface area contributed by atoms with Crippen molar-refractivity contribution in [2.24, 2.45) is 17.0 Å². The van der Waals surface area contributed by atoms with Gasteiger partial charge in [-0.05, 0) is 30.2 Å². The summed E-state index contributed by atoms with van der Waals surface area (Å²) in [5.74, 6) is 2.21. The summed E-state index contributed by atoms with van der Waals surface area (Å²) in [6.45, 7) is 2.26. The van der Waals surface area contributed by atoms with Gasteiger partial charge in [0.2, 0.25) is 0 Å². The van der Waals surface area contributed by atoms with Crippen molar-refractivity contribution in [2.45, 2.75) is 32.6 Å². The third-order valence-electron chi connectivity index (χ3n) is 2.89. The molecule has 0 spiro atoms. The molecule has 0 bridgehead atoms. The maximum Gasteiger partial charge on any atom is 0.185 e. The number of azide groups is 1. The largest absolute Gasteiger partial charge is 0.288 e. The van der Waals surface area contributed by atoms with Gasteiger partial charge in [0.25, 0.3) is 0 Å². The summed E-state index contributed by atoms with van der Waals surface area (Å²) >= 11 is 1.44. The molecule has 0 aromatic rings. The highest BCUT2D eigenvalue weighted by atomic mass is 32.2. The first kappa shape index (κ1) is 12.4. The molecule has 0 atom stereocenters. The summed E-state index contributed by atoms with van der Waals surface area (Å²) in [5.41, 5.74) is 8.21. The molecule has 0 aromatic carbocycles. The van der Waals surface area contributed by atoms with Crippen molar-refractivity contribution in [3.8, 4) is 0 Å². The number of rotatable bonds is 4. The smallest absolute Gasteiger partial charge is 0.185 e. The molecule has 4 nitrogen and oxygen atoms in total. The first-order valence-electron chi connectivity index (χ1n) is 5.36. The van der Waals surface area contributed by atoms with E-state index in [1.807, 2.05) is 0 Å². The van der Waals surface area contributed by atoms with E-state index in [0.29, 0.717) is 18.4 Å². The highest BCUT2D eigenvalue weighted by Crippen LogP contribution is 2.31. The maximum absolute atomic E-state index is 10.8. The van der Waals surface area contributed by atoms with E-state index in [1.165, 1.54) is 24.6 Å². The molecular weight excluding hydrogens is 210 g/mol. The zero-order valence-electron chi connectivity index (χ0n) is 9.06. The van der Waals surface area contributed by atoms with Crippen LogP contribution in [0.25, 0.3) is 10.4 Å². The quantitative estimate of drug-likeness (QED) is 0.420. The fraction of sp³-hybridized carbons (Fsp3) is 0.900. The van der Waals surface area contributed by atoms with Gasteiger partial charge in [-0.1, -0.05) is 29.7 Å². The van der Waals surface area contributed by atoms with Crippen LogP contribution in [0.1, 0.15) is 32.6 Å². The lowest BCUT2D eigenvalue weighted by Crippen LogP contribution is -2.18. The van der Waals surface area contributed by atoms with Gasteiger partial charge in [0.15, 0.2) is 5.12 Å². The molecule has 0 amide bonds. The highest BCUT2D eigenvalue weighted by molar-refractivity contribution is 8.13. The Morgan fingerprint density at radius 1 is 1.40 bits per heavy atom. The van der Waals surface area contributed by atoms with Crippen molar-refractivity contribution >= 4 is 16.9 Å². The second kappa shape index (κ2) is 6.75. The number of thioether (sulfide) groups is 1. The van der Waals surface area contributed by atoms with E-state index in [0.717, 1.165) is 18.6 Å². The molecule has 1 saturated carbocycles. The minimum Gasteiger partial charge on any atom is -0.288 e. The molecule has 0 aliphatic heterocycles. The number of hydrogen-bond donors (Lipinski definition) is 0. The predicted octanol–water partition coefficient (Wildman–Crippen LogP) is 3.38. The van der Waals surface area contributed by atoms with Crippen LogP contribution in [0, 0.1) is 11.8 Å². The van der Waals surface area contributed by atoms with Gasteiger partial charge in [-0.3, -0.25) is 4.79 Å². The van der Waals surface area contributed by atoms with Crippen molar-refractivity contribution in [3.63, 3.8) is 0 Å². The molecule has 84 valence electrons. The highest BCUT2D eigenvalue weighted by Gasteiger charge is 2.20. The van der Waals surface area contributed by atoms with E-state index in [2.05, 4.69) is 10.0 Å². The molecule has 0 N–H and O–H groups in total. The Labute approximate surface area is 94.4 Å². The lowest BCUT2D eigenvalue weighted by molar-refractivity contribution is -0.109. The zero-order chi connectivity index (χ0) is 11.1. The SMILES string of the molecule is CC(=O)SCC1CCC(CN=[N+]=[N-])CC1. The molecule has 1 aliphatic carbocycles. The van der Waals surface area contributed by atoms with Gasteiger partial charge in [0.1, 0.15) is 0 Å². The first-order chi connectivity index (χ1) is 7.22. The molecule has 1 aliphatic rings. The van der Waals surface area contributed by atoms with E-state index in [4.69, 9.17) is 5.53 Å². The van der Waals surface area contributed by atoms with Gasteiger partial charge in [0.05, 0.1) is 0 Å². The molecule has 0 saturated heterocycles. The summed E-state index contributed by atoms with van der Waals surface area (Å²) < 4.78 is 0. The Morgan fingerprint density at radius 3 is 2.53 bits per heavy atom. The van der Waals surface area contributed by atoms with Crippen LogP contribution in [0.3, 0.4) is 0 Å².